The van der Waals surface area contributed by atoms with E-state index in [4.69, 9.17) is 9.26 Å². The molecule has 1 aliphatic heterocycles. The molecule has 1 fully saturated rings. The van der Waals surface area contributed by atoms with E-state index in [9.17, 15) is 4.79 Å². The molecular weight excluding hydrogens is 356 g/mol. The van der Waals surface area contributed by atoms with Crippen molar-refractivity contribution in [2.24, 2.45) is 0 Å². The maximum atomic E-state index is 12.6. The number of hydrogen-bond acceptors (Lipinski definition) is 5. The average molecular weight is 378 g/mol. The second-order valence-corrected chi connectivity index (χ2v) is 6.80. The first-order valence-corrected chi connectivity index (χ1v) is 9.34. The van der Waals surface area contributed by atoms with E-state index in [1.807, 2.05) is 61.5 Å². The third kappa shape index (κ3) is 4.14. The maximum Gasteiger partial charge on any atom is 0.322 e. The zero-order valence-electron chi connectivity index (χ0n) is 15.7. The van der Waals surface area contributed by atoms with Crippen LogP contribution in [0.2, 0.25) is 0 Å². The number of para-hydroxylation sites is 1. The van der Waals surface area contributed by atoms with Crippen LogP contribution in [0.3, 0.4) is 0 Å². The van der Waals surface area contributed by atoms with Crippen LogP contribution in [0.5, 0.6) is 5.75 Å². The minimum Gasteiger partial charge on any atom is -0.484 e. The van der Waals surface area contributed by atoms with Gasteiger partial charge in [0, 0.05) is 12.2 Å². The second kappa shape index (κ2) is 8.12. The van der Waals surface area contributed by atoms with Crippen molar-refractivity contribution in [2.45, 2.75) is 32.4 Å². The Hall–Kier alpha value is -3.35. The highest BCUT2D eigenvalue weighted by molar-refractivity contribution is 5.89. The highest BCUT2D eigenvalue weighted by Crippen LogP contribution is 2.30. The van der Waals surface area contributed by atoms with Gasteiger partial charge in [-0.05, 0) is 44.0 Å². The minimum atomic E-state index is -0.194. The van der Waals surface area contributed by atoms with Crippen LogP contribution in [-0.4, -0.2) is 27.6 Å². The molecule has 7 heteroatoms. The van der Waals surface area contributed by atoms with Crippen molar-refractivity contribution in [2.75, 3.05) is 11.9 Å². The van der Waals surface area contributed by atoms with Gasteiger partial charge in [0.15, 0.2) is 12.4 Å². The summed E-state index contributed by atoms with van der Waals surface area (Å²) in [7, 11) is 0. The lowest BCUT2D eigenvalue weighted by Crippen LogP contribution is -2.34. The Bertz CT molecular complexity index is 924. The number of ether oxygens (including phenoxy) is 1. The molecular formula is C21H22N4O3. The van der Waals surface area contributed by atoms with E-state index >= 15 is 0 Å². The van der Waals surface area contributed by atoms with Crippen molar-refractivity contribution in [3.8, 4) is 5.75 Å². The number of aryl methyl sites for hydroxylation is 1. The van der Waals surface area contributed by atoms with Crippen molar-refractivity contribution in [1.82, 2.24) is 15.0 Å². The number of amides is 2. The summed E-state index contributed by atoms with van der Waals surface area (Å²) in [6.45, 7) is 2.88. The second-order valence-electron chi connectivity index (χ2n) is 6.80. The van der Waals surface area contributed by atoms with E-state index in [0.29, 0.717) is 18.3 Å². The summed E-state index contributed by atoms with van der Waals surface area (Å²) in [6, 6.07) is 16.8. The van der Waals surface area contributed by atoms with Gasteiger partial charge < -0.3 is 19.5 Å². The van der Waals surface area contributed by atoms with Gasteiger partial charge in [-0.2, -0.15) is 4.98 Å². The third-order valence-corrected chi connectivity index (χ3v) is 4.70. The number of benzene rings is 2. The number of urea groups is 1. The van der Waals surface area contributed by atoms with E-state index in [-0.39, 0.29) is 18.7 Å². The highest BCUT2D eigenvalue weighted by Gasteiger charge is 2.33. The van der Waals surface area contributed by atoms with E-state index in [1.165, 1.54) is 5.56 Å². The Kier molecular flexibility index (Phi) is 5.23. The Morgan fingerprint density at radius 2 is 2.00 bits per heavy atom. The molecule has 1 atom stereocenters. The molecule has 0 bridgehead atoms. The maximum absolute atomic E-state index is 12.6. The van der Waals surface area contributed by atoms with Crippen LogP contribution in [0.15, 0.2) is 59.1 Å². The van der Waals surface area contributed by atoms with Crippen molar-refractivity contribution in [3.63, 3.8) is 0 Å². The number of nitrogens with zero attached hydrogens (tertiary/aromatic N) is 3. The Morgan fingerprint density at radius 1 is 1.21 bits per heavy atom. The Balaban J connectivity index is 1.39. The molecule has 3 aromatic rings. The van der Waals surface area contributed by atoms with E-state index in [2.05, 4.69) is 15.5 Å². The molecule has 2 aromatic carbocycles. The monoisotopic (exact) mass is 378 g/mol. The zero-order chi connectivity index (χ0) is 19.3. The number of hydrogen-bond donors (Lipinski definition) is 1. The topological polar surface area (TPSA) is 80.5 Å². The summed E-state index contributed by atoms with van der Waals surface area (Å²) in [5.74, 6) is 1.66. The summed E-state index contributed by atoms with van der Waals surface area (Å²) in [5.41, 5.74) is 1.93. The van der Waals surface area contributed by atoms with Crippen LogP contribution in [0.25, 0.3) is 0 Å². The number of carbonyl (C=O) groups excluding carboxylic acids is 1. The first-order valence-electron chi connectivity index (χ1n) is 9.34. The molecule has 4 rings (SSSR count). The summed E-state index contributed by atoms with van der Waals surface area (Å²) < 4.78 is 11.0. The SMILES string of the molecule is Cc1ccc(OCc2nc(C3CCCN3C(=O)Nc3ccccc3)no2)cc1. The van der Waals surface area contributed by atoms with Gasteiger partial charge in [0.2, 0.25) is 0 Å². The zero-order valence-corrected chi connectivity index (χ0v) is 15.7. The van der Waals surface area contributed by atoms with Crippen LogP contribution in [0.1, 0.15) is 36.2 Å². The molecule has 144 valence electrons. The lowest BCUT2D eigenvalue weighted by atomic mass is 10.2. The van der Waals surface area contributed by atoms with Crippen molar-refractivity contribution >= 4 is 11.7 Å². The third-order valence-electron chi connectivity index (χ3n) is 4.70. The number of rotatable bonds is 5. The molecule has 2 amide bonds. The van der Waals surface area contributed by atoms with Gasteiger partial charge >= 0.3 is 6.03 Å². The lowest BCUT2D eigenvalue weighted by molar-refractivity contribution is 0.203. The van der Waals surface area contributed by atoms with E-state index < -0.39 is 0 Å². The predicted octanol–water partition coefficient (Wildman–Crippen LogP) is 4.33. The number of nitrogens with one attached hydrogen (secondary N) is 1. The van der Waals surface area contributed by atoms with Gasteiger partial charge in [0.05, 0.1) is 6.04 Å². The van der Waals surface area contributed by atoms with Gasteiger partial charge in [-0.3, -0.25) is 0 Å². The smallest absolute Gasteiger partial charge is 0.322 e. The number of likely N-dealkylation sites (tertiary alicyclic amines) is 1. The molecule has 1 N–H and O–H groups in total. The molecule has 0 spiro atoms. The fourth-order valence-corrected chi connectivity index (χ4v) is 3.24. The van der Waals surface area contributed by atoms with Crippen molar-refractivity contribution < 1.29 is 14.1 Å². The Labute approximate surface area is 163 Å². The number of carbonyl (C=O) groups is 1. The molecule has 28 heavy (non-hydrogen) atoms. The van der Waals surface area contributed by atoms with Crippen molar-refractivity contribution in [1.29, 1.82) is 0 Å². The first kappa shape index (κ1) is 18.0. The van der Waals surface area contributed by atoms with E-state index in [1.54, 1.807) is 4.90 Å². The molecule has 1 aliphatic rings. The molecule has 0 saturated carbocycles. The average Bonchev–Trinajstić information content (AvgIpc) is 3.38. The fraction of sp³-hybridized carbons (Fsp3) is 0.286. The van der Waals surface area contributed by atoms with Crippen molar-refractivity contribution in [3.05, 3.63) is 71.9 Å². The summed E-state index contributed by atoms with van der Waals surface area (Å²) in [6.07, 6.45) is 1.70. The van der Waals surface area contributed by atoms with Crippen LogP contribution in [0, 0.1) is 6.92 Å². The van der Waals surface area contributed by atoms with Crippen LogP contribution in [0.4, 0.5) is 10.5 Å². The molecule has 0 aliphatic carbocycles. The molecule has 7 nitrogen and oxygen atoms in total. The predicted molar refractivity (Wildman–Crippen MR) is 104 cm³/mol. The summed E-state index contributed by atoms with van der Waals surface area (Å²) in [5, 5.41) is 6.99. The Morgan fingerprint density at radius 3 is 2.79 bits per heavy atom. The lowest BCUT2D eigenvalue weighted by Gasteiger charge is -2.22. The highest BCUT2D eigenvalue weighted by atomic mass is 16.5. The number of anilines is 1. The first-order chi connectivity index (χ1) is 13.7. The largest absolute Gasteiger partial charge is 0.484 e. The minimum absolute atomic E-state index is 0.157. The van der Waals surface area contributed by atoms with Gasteiger partial charge in [-0.15, -0.1) is 0 Å². The summed E-state index contributed by atoms with van der Waals surface area (Å²) in [4.78, 5) is 18.8. The molecule has 2 heterocycles. The van der Waals surface area contributed by atoms with Crippen LogP contribution < -0.4 is 10.1 Å². The number of aromatic nitrogens is 2. The molecule has 1 unspecified atom stereocenters. The van der Waals surface area contributed by atoms with Gasteiger partial charge in [-0.25, -0.2) is 4.79 Å². The summed E-state index contributed by atoms with van der Waals surface area (Å²) >= 11 is 0. The molecule has 1 aromatic heterocycles. The quantitative estimate of drug-likeness (QED) is 0.715. The normalized spacial score (nSPS) is 16.2. The molecule has 0 radical (unpaired) electrons. The van der Waals surface area contributed by atoms with Gasteiger partial charge in [-0.1, -0.05) is 41.1 Å². The standard InChI is InChI=1S/C21H22N4O3/c1-15-9-11-17(12-10-15)27-14-19-23-20(24-28-19)18-8-5-13-25(18)21(26)22-16-6-3-2-4-7-16/h2-4,6-7,9-12,18H,5,8,13-14H2,1H3,(H,22,26). The molecule has 1 saturated heterocycles. The van der Waals surface area contributed by atoms with E-state index in [0.717, 1.165) is 24.3 Å². The van der Waals surface area contributed by atoms with Crippen LogP contribution >= 0.6 is 0 Å². The van der Waals surface area contributed by atoms with Gasteiger partial charge in [0.25, 0.3) is 5.89 Å². The fourth-order valence-electron chi connectivity index (χ4n) is 3.24. The van der Waals surface area contributed by atoms with Crippen LogP contribution in [-0.2, 0) is 6.61 Å². The van der Waals surface area contributed by atoms with Gasteiger partial charge in [0.1, 0.15) is 5.75 Å².